The smallest absolute Gasteiger partial charge is 0.462 e. The third-order valence-corrected chi connectivity index (χ3v) is 21.5. The van der Waals surface area contributed by atoms with Crippen molar-refractivity contribution in [2.24, 2.45) is 17.8 Å². The fourth-order valence-electron chi connectivity index (χ4n) is 13.0. The van der Waals surface area contributed by atoms with Gasteiger partial charge >= 0.3 is 39.5 Å². The van der Waals surface area contributed by atoms with Gasteiger partial charge in [-0.25, -0.2) is 9.13 Å². The van der Waals surface area contributed by atoms with Crippen molar-refractivity contribution in [3.05, 3.63) is 0 Å². The molecule has 0 rings (SSSR count). The highest BCUT2D eigenvalue weighted by atomic mass is 31.2. The summed E-state index contributed by atoms with van der Waals surface area (Å²) in [4.78, 5) is 73.1. The average Bonchev–Trinajstić information content (AvgIpc) is 0.928. The van der Waals surface area contributed by atoms with Crippen LogP contribution in [0.2, 0.25) is 0 Å². The summed E-state index contributed by atoms with van der Waals surface area (Å²) in [5.41, 5.74) is 0. The number of esters is 4. The average molecular weight is 1510 g/mol. The maximum absolute atomic E-state index is 13.1. The number of carbonyl (C=O) groups is 4. The third-order valence-electron chi connectivity index (χ3n) is 19.6. The van der Waals surface area contributed by atoms with Crippen LogP contribution in [0.25, 0.3) is 0 Å². The summed E-state index contributed by atoms with van der Waals surface area (Å²) in [6.07, 6.45) is 64.0. The molecular weight excluding hydrogens is 1340 g/mol. The molecule has 0 aromatic rings. The molecule has 0 amide bonds. The summed E-state index contributed by atoms with van der Waals surface area (Å²) in [6, 6.07) is 0. The lowest BCUT2D eigenvalue weighted by Gasteiger charge is -2.21. The Hall–Kier alpha value is -1.94. The molecule has 0 aromatic heterocycles. The predicted octanol–water partition coefficient (Wildman–Crippen LogP) is 25.3. The number of ether oxygens (including phenoxy) is 4. The highest BCUT2D eigenvalue weighted by Gasteiger charge is 2.30. The highest BCUT2D eigenvalue weighted by Crippen LogP contribution is 2.45. The minimum atomic E-state index is -4.96. The van der Waals surface area contributed by atoms with Gasteiger partial charge in [0.15, 0.2) is 12.2 Å². The van der Waals surface area contributed by atoms with E-state index in [1.54, 1.807) is 0 Å². The molecule has 0 aromatic carbocycles. The molecule has 0 spiro atoms. The van der Waals surface area contributed by atoms with Gasteiger partial charge in [0.25, 0.3) is 0 Å². The van der Waals surface area contributed by atoms with Crippen LogP contribution in [-0.2, 0) is 65.4 Å². The summed E-state index contributed by atoms with van der Waals surface area (Å²) in [6.45, 7) is 11.9. The quantitative estimate of drug-likeness (QED) is 0.0222. The Morgan fingerprint density at radius 3 is 0.660 bits per heavy atom. The van der Waals surface area contributed by atoms with Crippen LogP contribution < -0.4 is 0 Å². The fraction of sp³-hybridized carbons (Fsp3) is 0.952. The van der Waals surface area contributed by atoms with Crippen molar-refractivity contribution in [1.82, 2.24) is 0 Å². The number of rotatable bonds is 82. The van der Waals surface area contributed by atoms with Crippen molar-refractivity contribution < 1.29 is 80.2 Å². The monoisotopic (exact) mass is 1510 g/mol. The van der Waals surface area contributed by atoms with Gasteiger partial charge in [0.05, 0.1) is 26.4 Å². The van der Waals surface area contributed by atoms with Crippen molar-refractivity contribution in [1.29, 1.82) is 0 Å². The Bertz CT molecular complexity index is 1990. The fourth-order valence-corrected chi connectivity index (χ4v) is 14.6. The van der Waals surface area contributed by atoms with E-state index in [0.29, 0.717) is 31.6 Å². The molecule has 0 heterocycles. The molecule has 0 aliphatic carbocycles. The molecule has 0 saturated carbocycles. The molecule has 0 bridgehead atoms. The van der Waals surface area contributed by atoms with E-state index < -0.39 is 97.5 Å². The summed E-state index contributed by atoms with van der Waals surface area (Å²) in [7, 11) is -9.92. The largest absolute Gasteiger partial charge is 0.472 e. The lowest BCUT2D eigenvalue weighted by molar-refractivity contribution is -0.161. The molecule has 2 unspecified atom stereocenters. The van der Waals surface area contributed by atoms with Crippen molar-refractivity contribution in [2.75, 3.05) is 39.6 Å². The summed E-state index contributed by atoms with van der Waals surface area (Å²) >= 11 is 0. The molecule has 0 aliphatic rings. The van der Waals surface area contributed by atoms with E-state index in [0.717, 1.165) is 108 Å². The summed E-state index contributed by atoms with van der Waals surface area (Å²) in [5, 5.41) is 10.7. The zero-order valence-corrected chi connectivity index (χ0v) is 69.6. The van der Waals surface area contributed by atoms with Crippen molar-refractivity contribution >= 4 is 39.5 Å². The molecule has 103 heavy (non-hydrogen) atoms. The Labute approximate surface area is 632 Å². The molecule has 0 fully saturated rings. The van der Waals surface area contributed by atoms with Gasteiger partial charge in [0, 0.05) is 25.7 Å². The van der Waals surface area contributed by atoms with Crippen LogP contribution in [0.5, 0.6) is 0 Å². The first kappa shape index (κ1) is 101. The first-order chi connectivity index (χ1) is 49.7. The van der Waals surface area contributed by atoms with Crippen LogP contribution in [0.1, 0.15) is 440 Å². The third kappa shape index (κ3) is 78.0. The predicted molar refractivity (Wildman–Crippen MR) is 423 cm³/mol. The number of hydrogen-bond acceptors (Lipinski definition) is 15. The van der Waals surface area contributed by atoms with Gasteiger partial charge in [0.2, 0.25) is 0 Å². The van der Waals surface area contributed by atoms with E-state index >= 15 is 0 Å². The van der Waals surface area contributed by atoms with Crippen molar-refractivity contribution in [3.8, 4) is 0 Å². The molecule has 0 aliphatic heterocycles. The molecule has 612 valence electrons. The standard InChI is InChI=1S/C84H164O17P2/c1-8-9-10-11-12-13-14-15-16-17-18-19-22-29-34-39-44-53-60-67-83(88)100-79(71-94-81(86)65-58-51-43-38-33-28-23-20-21-26-31-36-41-48-55-62-75(2)3)73-98-102(90,91)96-69-78(85)70-97-103(92,93)99-74-80(72-95-82(87)66-59-52-47-46-50-57-64-77(6)7)101-84(89)68-61-54-45-40-35-30-25-24-27-32-37-42-49-56-63-76(4)5/h75-80,85H,8-74H2,1-7H3,(H,90,91)(H,92,93)/t78-,79-,80-/m1/s1. The van der Waals surface area contributed by atoms with Gasteiger partial charge in [-0.05, 0) is 43.4 Å². The SMILES string of the molecule is CCCCCCCCCCCCCCCCCCCCCC(=O)O[C@H](COC(=O)CCCCCCCCCCCCCCCCCC(C)C)COP(=O)(O)OC[C@@H](O)COP(=O)(O)OC[C@@H](COC(=O)CCCCCCCCC(C)C)OC(=O)CCCCCCCCCCCCCCCCC(C)C. The summed E-state index contributed by atoms with van der Waals surface area (Å²) < 4.78 is 68.8. The van der Waals surface area contributed by atoms with Gasteiger partial charge in [-0.1, -0.05) is 389 Å². The van der Waals surface area contributed by atoms with E-state index in [-0.39, 0.29) is 25.7 Å². The minimum Gasteiger partial charge on any atom is -0.462 e. The van der Waals surface area contributed by atoms with E-state index in [9.17, 15) is 43.2 Å². The van der Waals surface area contributed by atoms with E-state index in [2.05, 4.69) is 48.5 Å². The maximum Gasteiger partial charge on any atom is 0.472 e. The normalized spacial score (nSPS) is 13.9. The van der Waals surface area contributed by atoms with Crippen LogP contribution >= 0.6 is 15.6 Å². The van der Waals surface area contributed by atoms with Crippen LogP contribution in [0.3, 0.4) is 0 Å². The van der Waals surface area contributed by atoms with Crippen LogP contribution in [0.4, 0.5) is 0 Å². The number of carbonyl (C=O) groups excluding carboxylic acids is 4. The number of unbranched alkanes of at least 4 members (excludes halogenated alkanes) is 50. The minimum absolute atomic E-state index is 0.106. The second kappa shape index (κ2) is 74.2. The van der Waals surface area contributed by atoms with Gasteiger partial charge in [-0.15, -0.1) is 0 Å². The van der Waals surface area contributed by atoms with Gasteiger partial charge in [-0.2, -0.15) is 0 Å². The van der Waals surface area contributed by atoms with Crippen LogP contribution in [0.15, 0.2) is 0 Å². The van der Waals surface area contributed by atoms with E-state index in [1.165, 1.54) is 244 Å². The Morgan fingerprint density at radius 2 is 0.447 bits per heavy atom. The number of aliphatic hydroxyl groups excluding tert-OH is 1. The number of phosphoric acid groups is 2. The van der Waals surface area contributed by atoms with Gasteiger partial charge in [0.1, 0.15) is 19.3 Å². The topological polar surface area (TPSA) is 237 Å². The lowest BCUT2D eigenvalue weighted by atomic mass is 10.0. The first-order valence-electron chi connectivity index (χ1n) is 43.3. The lowest BCUT2D eigenvalue weighted by Crippen LogP contribution is -2.30. The van der Waals surface area contributed by atoms with Crippen LogP contribution in [0, 0.1) is 17.8 Å². The molecule has 3 N–H and O–H groups in total. The van der Waals surface area contributed by atoms with Crippen molar-refractivity contribution in [2.45, 2.75) is 458 Å². The second-order valence-corrected chi connectivity index (χ2v) is 34.6. The zero-order chi connectivity index (χ0) is 75.8. The van der Waals surface area contributed by atoms with Crippen molar-refractivity contribution in [3.63, 3.8) is 0 Å². The molecule has 0 radical (unpaired) electrons. The first-order valence-corrected chi connectivity index (χ1v) is 46.3. The molecule has 17 nitrogen and oxygen atoms in total. The van der Waals surface area contributed by atoms with Crippen LogP contribution in [-0.4, -0.2) is 96.7 Å². The second-order valence-electron chi connectivity index (χ2n) is 31.6. The molecule has 0 saturated heterocycles. The number of aliphatic hydroxyl groups is 1. The Balaban J connectivity index is 5.22. The number of phosphoric ester groups is 2. The van der Waals surface area contributed by atoms with Gasteiger partial charge < -0.3 is 33.8 Å². The zero-order valence-electron chi connectivity index (χ0n) is 67.8. The molecular formula is C84H164O17P2. The maximum atomic E-state index is 13.1. The summed E-state index contributed by atoms with van der Waals surface area (Å²) in [5.74, 6) is 0.172. The molecule has 5 atom stereocenters. The van der Waals surface area contributed by atoms with E-state index in [4.69, 9.17) is 37.0 Å². The Kier molecular flexibility index (Phi) is 72.8. The van der Waals surface area contributed by atoms with E-state index in [1.807, 2.05) is 0 Å². The van der Waals surface area contributed by atoms with Gasteiger partial charge in [-0.3, -0.25) is 37.3 Å². The number of hydrogen-bond donors (Lipinski definition) is 3. The molecule has 19 heteroatoms. The Morgan fingerprint density at radius 1 is 0.262 bits per heavy atom. The highest BCUT2D eigenvalue weighted by molar-refractivity contribution is 7.47.